The molecule has 4 heterocycles. The van der Waals surface area contributed by atoms with Crippen molar-refractivity contribution in [1.29, 1.82) is 0 Å². The normalized spacial score (nSPS) is 29.7. The zero-order chi connectivity index (χ0) is 41.7. The van der Waals surface area contributed by atoms with Gasteiger partial charge < -0.3 is 28.6 Å². The monoisotopic (exact) mass is 815 g/mol. The molecule has 12 heteroatoms. The lowest BCUT2D eigenvalue weighted by Crippen LogP contribution is -2.48. The van der Waals surface area contributed by atoms with Crippen LogP contribution in [-0.4, -0.2) is 109 Å². The standard InChI is InChI=1S/C47H65N3O9/c1-6-33-28-47(33,45(54)56-7-2)29-39(51)38-26-34-30-50(38)44(53)36(46(3,4)5)27-42(52)59-40-17-11-15-31(40)13-9-8-10-14-32-25-35-37(48-43(32)58-34)16-12-18-41(35)57-24-21-49-19-22-55-23-20-49/h6,12,16,18,25,31,33-34,36,38,40H,1,7-11,13-15,17,19-24,26-30H2,2-5H3/t31-,33-,34-,36-,38+,40-,47-/m1/s1. The first-order chi connectivity index (χ1) is 28.4. The van der Waals surface area contributed by atoms with Gasteiger partial charge in [-0.05, 0) is 87.3 Å². The van der Waals surface area contributed by atoms with E-state index in [1.807, 2.05) is 39.0 Å². The highest BCUT2D eigenvalue weighted by molar-refractivity contribution is 5.96. The number of allylic oxidation sites excluding steroid dienone is 1. The number of esters is 2. The minimum atomic E-state index is -0.991. The van der Waals surface area contributed by atoms with Gasteiger partial charge in [0.25, 0.3) is 0 Å². The lowest BCUT2D eigenvalue weighted by molar-refractivity contribution is -0.158. The molecule has 12 nitrogen and oxygen atoms in total. The summed E-state index contributed by atoms with van der Waals surface area (Å²) in [7, 11) is 0. The van der Waals surface area contributed by atoms with Gasteiger partial charge in [0.05, 0.1) is 55.7 Å². The summed E-state index contributed by atoms with van der Waals surface area (Å²) in [4.78, 5) is 65.4. The van der Waals surface area contributed by atoms with Crippen molar-refractivity contribution < 1.29 is 42.9 Å². The van der Waals surface area contributed by atoms with E-state index in [0.29, 0.717) is 24.8 Å². The van der Waals surface area contributed by atoms with Gasteiger partial charge in [0, 0.05) is 43.4 Å². The molecule has 5 aliphatic rings. The number of hydrogen-bond donors (Lipinski definition) is 0. The minimum Gasteiger partial charge on any atom is -0.492 e. The molecule has 2 saturated carbocycles. The topological polar surface area (TPSA) is 134 Å². The maximum Gasteiger partial charge on any atom is 0.313 e. The number of pyridine rings is 1. The van der Waals surface area contributed by atoms with Crippen LogP contribution in [0.3, 0.4) is 0 Å². The van der Waals surface area contributed by atoms with Crippen molar-refractivity contribution in [3.05, 3.63) is 42.5 Å². The van der Waals surface area contributed by atoms with E-state index in [4.69, 9.17) is 28.7 Å². The Kier molecular flexibility index (Phi) is 13.7. The molecule has 2 aliphatic carbocycles. The molecule has 0 unspecified atom stereocenters. The zero-order valence-corrected chi connectivity index (χ0v) is 35.7. The van der Waals surface area contributed by atoms with Gasteiger partial charge in [-0.25, -0.2) is 4.98 Å². The largest absolute Gasteiger partial charge is 0.492 e. The fourth-order valence-corrected chi connectivity index (χ4v) is 9.89. The Bertz CT molecular complexity index is 1850. The molecule has 2 saturated heterocycles. The van der Waals surface area contributed by atoms with Crippen LogP contribution in [0.1, 0.15) is 104 Å². The van der Waals surface area contributed by atoms with E-state index < -0.39 is 34.9 Å². The SMILES string of the molecule is C=C[C@@H]1C[C@]1(CC(=O)[C@@H]1C[C@@H]2CN1C(=O)[C@H](C(C)(C)C)CC(=O)O[C@@H]1CCC[C@H]1CCCCCc1cc3c(OCCN4CCOCC4)cccc3nc1O2)C(=O)OCC. The van der Waals surface area contributed by atoms with Crippen LogP contribution >= 0.6 is 0 Å². The van der Waals surface area contributed by atoms with Gasteiger partial charge in [0.1, 0.15) is 24.6 Å². The highest BCUT2D eigenvalue weighted by atomic mass is 16.5. The van der Waals surface area contributed by atoms with E-state index in [1.54, 1.807) is 17.9 Å². The Labute approximate surface area is 349 Å². The van der Waals surface area contributed by atoms with Crippen LogP contribution in [0.5, 0.6) is 11.6 Å². The highest BCUT2D eigenvalue weighted by Gasteiger charge is 2.61. The van der Waals surface area contributed by atoms with Crippen molar-refractivity contribution in [3.63, 3.8) is 0 Å². The molecule has 4 fully saturated rings. The molecule has 1 aromatic carbocycles. The van der Waals surface area contributed by atoms with Crippen molar-refractivity contribution in [1.82, 2.24) is 14.8 Å². The van der Waals surface area contributed by atoms with Crippen LogP contribution in [0.4, 0.5) is 0 Å². The van der Waals surface area contributed by atoms with E-state index in [-0.39, 0.29) is 62.1 Å². The molecule has 1 aromatic heterocycles. The predicted octanol–water partition coefficient (Wildman–Crippen LogP) is 6.89. The second-order valence-electron chi connectivity index (χ2n) is 18.6. The number of amides is 1. The molecule has 0 radical (unpaired) electrons. The Morgan fingerprint density at radius 1 is 1.05 bits per heavy atom. The summed E-state index contributed by atoms with van der Waals surface area (Å²) in [6.45, 7) is 16.5. The first kappa shape index (κ1) is 43.1. The number of rotatable bonds is 10. The number of carbonyl (C=O) groups excluding carboxylic acids is 4. The van der Waals surface area contributed by atoms with Gasteiger partial charge >= 0.3 is 11.9 Å². The van der Waals surface area contributed by atoms with Gasteiger partial charge in [-0.1, -0.05) is 45.8 Å². The third kappa shape index (κ3) is 9.96. The molecule has 0 N–H and O–H groups in total. The molecule has 59 heavy (non-hydrogen) atoms. The fraction of sp³-hybridized carbons (Fsp3) is 0.681. The Morgan fingerprint density at radius 3 is 2.59 bits per heavy atom. The highest BCUT2D eigenvalue weighted by Crippen LogP contribution is 2.57. The summed E-state index contributed by atoms with van der Waals surface area (Å²) in [5.41, 5.74) is 0.107. The Morgan fingerprint density at radius 2 is 1.85 bits per heavy atom. The van der Waals surface area contributed by atoms with Gasteiger partial charge in [-0.2, -0.15) is 0 Å². The number of aryl methyl sites for hydroxylation is 1. The lowest BCUT2D eigenvalue weighted by Gasteiger charge is -2.35. The van der Waals surface area contributed by atoms with Crippen LogP contribution in [0.2, 0.25) is 0 Å². The van der Waals surface area contributed by atoms with Crippen molar-refractivity contribution in [2.45, 2.75) is 123 Å². The minimum absolute atomic E-state index is 0.0667. The van der Waals surface area contributed by atoms with Gasteiger partial charge in [-0.15, -0.1) is 6.58 Å². The fourth-order valence-electron chi connectivity index (χ4n) is 9.89. The van der Waals surface area contributed by atoms with Crippen LogP contribution in [0.25, 0.3) is 10.9 Å². The summed E-state index contributed by atoms with van der Waals surface area (Å²) in [6, 6.07) is 7.18. The van der Waals surface area contributed by atoms with Crippen LogP contribution in [0, 0.1) is 28.6 Å². The smallest absolute Gasteiger partial charge is 0.313 e. The molecular formula is C47H65N3O9. The maximum absolute atomic E-state index is 14.9. The summed E-state index contributed by atoms with van der Waals surface area (Å²) in [5, 5.41) is 0.921. The summed E-state index contributed by atoms with van der Waals surface area (Å²) in [5.74, 6) is -0.620. The first-order valence-corrected chi connectivity index (χ1v) is 22.2. The van der Waals surface area contributed by atoms with Crippen LogP contribution in [-0.2, 0) is 39.8 Å². The molecule has 0 spiro atoms. The van der Waals surface area contributed by atoms with Crippen LogP contribution < -0.4 is 9.47 Å². The predicted molar refractivity (Wildman–Crippen MR) is 223 cm³/mol. The van der Waals surface area contributed by atoms with E-state index in [2.05, 4.69) is 17.5 Å². The van der Waals surface area contributed by atoms with Gasteiger partial charge in [-0.3, -0.25) is 24.1 Å². The average Bonchev–Trinajstić information content (AvgIpc) is 3.48. The number of nitrogens with zero attached hydrogens (tertiary/aromatic N) is 3. The van der Waals surface area contributed by atoms with Crippen molar-refractivity contribution in [2.75, 3.05) is 52.6 Å². The number of aromatic nitrogens is 1. The molecule has 2 bridgehead atoms. The second-order valence-corrected chi connectivity index (χ2v) is 18.6. The molecule has 7 rings (SSSR count). The number of fused-ring (bicyclic) bond motifs is 5. The number of ketones is 1. The van der Waals surface area contributed by atoms with E-state index >= 15 is 0 Å². The lowest BCUT2D eigenvalue weighted by atomic mass is 9.77. The van der Waals surface area contributed by atoms with Gasteiger partial charge in [0.2, 0.25) is 11.8 Å². The maximum atomic E-state index is 14.9. The third-order valence-corrected chi connectivity index (χ3v) is 13.5. The third-order valence-electron chi connectivity index (χ3n) is 13.5. The first-order valence-electron chi connectivity index (χ1n) is 22.2. The van der Waals surface area contributed by atoms with E-state index in [0.717, 1.165) is 106 Å². The number of Topliss-reactive ketones (excluding diaryl/α,β-unsaturated/α-hetero) is 1. The molecule has 7 atom stereocenters. The number of carbonyl (C=O) groups is 4. The summed E-state index contributed by atoms with van der Waals surface area (Å²) < 4.78 is 30.3. The van der Waals surface area contributed by atoms with E-state index in [9.17, 15) is 19.2 Å². The number of morpholine rings is 1. The Balaban J connectivity index is 1.21. The second kappa shape index (κ2) is 18.7. The molecule has 1 amide bonds. The molecular weight excluding hydrogens is 751 g/mol. The van der Waals surface area contributed by atoms with Crippen molar-refractivity contribution in [2.24, 2.45) is 28.6 Å². The average molecular weight is 816 g/mol. The molecule has 3 aliphatic heterocycles. The van der Waals surface area contributed by atoms with E-state index in [1.165, 1.54) is 0 Å². The molecule has 322 valence electrons. The summed E-state index contributed by atoms with van der Waals surface area (Å²) in [6.07, 6.45) is 9.14. The van der Waals surface area contributed by atoms with Gasteiger partial charge in [0.15, 0.2) is 5.78 Å². The van der Waals surface area contributed by atoms with Crippen molar-refractivity contribution in [3.8, 4) is 11.6 Å². The zero-order valence-electron chi connectivity index (χ0n) is 35.7. The Hall–Kier alpha value is -4.03. The van der Waals surface area contributed by atoms with Crippen LogP contribution in [0.15, 0.2) is 36.9 Å². The number of hydrogen-bond acceptors (Lipinski definition) is 11. The molecule has 2 aromatic rings. The summed E-state index contributed by atoms with van der Waals surface area (Å²) >= 11 is 0. The van der Waals surface area contributed by atoms with Crippen molar-refractivity contribution >= 4 is 34.5 Å². The number of benzene rings is 1. The quantitative estimate of drug-likeness (QED) is 0.183. The number of ether oxygens (including phenoxy) is 5.